The topological polar surface area (TPSA) is 97.3 Å². The summed E-state index contributed by atoms with van der Waals surface area (Å²) in [5, 5.41) is 17.4. The van der Waals surface area contributed by atoms with E-state index in [-0.39, 0.29) is 0 Å². The second-order valence-corrected chi connectivity index (χ2v) is 3.61. The molecule has 0 saturated heterocycles. The van der Waals surface area contributed by atoms with Gasteiger partial charge in [0.2, 0.25) is 0 Å². The molecule has 0 amide bonds. The van der Waals surface area contributed by atoms with Gasteiger partial charge < -0.3 is 9.47 Å². The molecule has 2 aromatic rings. The van der Waals surface area contributed by atoms with Crippen LogP contribution >= 0.6 is 0 Å². The van der Waals surface area contributed by atoms with Crippen molar-refractivity contribution in [2.45, 2.75) is 6.92 Å². The Kier molecular flexibility index (Phi) is 3.91. The quantitative estimate of drug-likeness (QED) is 0.617. The van der Waals surface area contributed by atoms with Crippen molar-refractivity contribution in [2.24, 2.45) is 5.10 Å². The number of nitrogens with one attached hydrogen (secondary N) is 2. The van der Waals surface area contributed by atoms with Crippen molar-refractivity contribution in [1.82, 2.24) is 20.6 Å². The molecule has 0 atom stereocenters. The van der Waals surface area contributed by atoms with E-state index in [1.165, 1.54) is 0 Å². The molecule has 2 rings (SSSR count). The fraction of sp³-hybridized carbons (Fsp3) is 0.273. The predicted octanol–water partition coefficient (Wildman–Crippen LogP) is 1.05. The Labute approximate surface area is 109 Å². The van der Waals surface area contributed by atoms with Gasteiger partial charge in [0.25, 0.3) is 5.95 Å². The largest absolute Gasteiger partial charge is 0.497 e. The molecule has 1 heterocycles. The third kappa shape index (κ3) is 2.97. The van der Waals surface area contributed by atoms with E-state index in [1.54, 1.807) is 20.3 Å². The SMILES string of the molecule is COc1ccc(C(C)=NNc2nn[nH]n2)c(OC)c1. The maximum absolute atomic E-state index is 5.31. The zero-order chi connectivity index (χ0) is 13.7. The highest BCUT2D eigenvalue weighted by atomic mass is 16.5. The van der Waals surface area contributed by atoms with E-state index in [4.69, 9.17) is 9.47 Å². The molecular weight excluding hydrogens is 248 g/mol. The van der Waals surface area contributed by atoms with Crippen molar-refractivity contribution in [1.29, 1.82) is 0 Å². The van der Waals surface area contributed by atoms with Gasteiger partial charge in [-0.3, -0.25) is 0 Å². The highest BCUT2D eigenvalue weighted by Crippen LogP contribution is 2.25. The summed E-state index contributed by atoms with van der Waals surface area (Å²) in [5.41, 5.74) is 4.26. The zero-order valence-electron chi connectivity index (χ0n) is 10.8. The first kappa shape index (κ1) is 12.8. The number of anilines is 1. The zero-order valence-corrected chi connectivity index (χ0v) is 10.8. The molecule has 0 aliphatic carbocycles. The van der Waals surface area contributed by atoms with Crippen LogP contribution in [0.3, 0.4) is 0 Å². The van der Waals surface area contributed by atoms with Gasteiger partial charge in [0.15, 0.2) is 0 Å². The number of hydrazone groups is 1. The van der Waals surface area contributed by atoms with E-state index >= 15 is 0 Å². The molecule has 0 bridgehead atoms. The van der Waals surface area contributed by atoms with Crippen LogP contribution in [0.25, 0.3) is 0 Å². The number of methoxy groups -OCH3 is 2. The molecule has 2 N–H and O–H groups in total. The molecule has 0 fully saturated rings. The van der Waals surface area contributed by atoms with Crippen molar-refractivity contribution in [3.05, 3.63) is 23.8 Å². The molecule has 0 spiro atoms. The predicted molar refractivity (Wildman–Crippen MR) is 69.6 cm³/mol. The standard InChI is InChI=1S/C11H14N6O2/c1-7(12-13-11-14-16-17-15-11)9-5-4-8(18-2)6-10(9)19-3/h4-6H,1-3H3,(H2,13,14,15,16,17). The van der Waals surface area contributed by atoms with Crippen molar-refractivity contribution < 1.29 is 9.47 Å². The van der Waals surface area contributed by atoms with Crippen LogP contribution in [0.1, 0.15) is 12.5 Å². The molecule has 8 nitrogen and oxygen atoms in total. The lowest BCUT2D eigenvalue weighted by molar-refractivity contribution is 0.394. The number of H-pyrrole nitrogens is 1. The third-order valence-corrected chi connectivity index (χ3v) is 2.47. The fourth-order valence-corrected chi connectivity index (χ4v) is 1.50. The van der Waals surface area contributed by atoms with E-state index in [0.29, 0.717) is 11.7 Å². The van der Waals surface area contributed by atoms with Crippen molar-refractivity contribution in [2.75, 3.05) is 19.6 Å². The van der Waals surface area contributed by atoms with Crippen LogP contribution in [0.2, 0.25) is 0 Å². The minimum absolute atomic E-state index is 0.298. The Hall–Kier alpha value is -2.64. The second kappa shape index (κ2) is 5.80. The lowest BCUT2D eigenvalue weighted by Crippen LogP contribution is -2.03. The number of benzene rings is 1. The Bertz CT molecular complexity index is 567. The van der Waals surface area contributed by atoms with Gasteiger partial charge in [-0.05, 0) is 24.3 Å². The Morgan fingerprint density at radius 3 is 2.79 bits per heavy atom. The molecule has 0 unspecified atom stereocenters. The molecule has 0 aliphatic rings. The normalized spacial score (nSPS) is 11.2. The van der Waals surface area contributed by atoms with E-state index in [9.17, 15) is 0 Å². The number of hydrogen-bond acceptors (Lipinski definition) is 7. The van der Waals surface area contributed by atoms with Gasteiger partial charge in [-0.25, -0.2) is 5.43 Å². The van der Waals surface area contributed by atoms with Crippen LogP contribution in [0.15, 0.2) is 23.3 Å². The molecule has 0 aliphatic heterocycles. The smallest absolute Gasteiger partial charge is 0.283 e. The molecule has 0 saturated carbocycles. The summed E-state index contributed by atoms with van der Waals surface area (Å²) in [6.45, 7) is 1.84. The minimum Gasteiger partial charge on any atom is -0.497 e. The number of rotatable bonds is 5. The van der Waals surface area contributed by atoms with Gasteiger partial charge in [0.1, 0.15) is 11.5 Å². The Morgan fingerprint density at radius 1 is 1.32 bits per heavy atom. The van der Waals surface area contributed by atoms with E-state index in [0.717, 1.165) is 17.0 Å². The number of hydrogen-bond donors (Lipinski definition) is 2. The molecule has 19 heavy (non-hydrogen) atoms. The van der Waals surface area contributed by atoms with Crippen molar-refractivity contribution >= 4 is 11.7 Å². The van der Waals surface area contributed by atoms with E-state index < -0.39 is 0 Å². The number of nitrogens with zero attached hydrogens (tertiary/aromatic N) is 4. The Morgan fingerprint density at radius 2 is 2.16 bits per heavy atom. The second-order valence-electron chi connectivity index (χ2n) is 3.61. The van der Waals surface area contributed by atoms with Crippen LogP contribution in [0, 0.1) is 0 Å². The summed E-state index contributed by atoms with van der Waals surface area (Å²) in [5.74, 6) is 1.70. The fourth-order valence-electron chi connectivity index (χ4n) is 1.50. The van der Waals surface area contributed by atoms with Gasteiger partial charge in [0.05, 0.1) is 19.9 Å². The molecular formula is C11H14N6O2. The molecule has 0 radical (unpaired) electrons. The monoisotopic (exact) mass is 262 g/mol. The van der Waals surface area contributed by atoms with Gasteiger partial charge in [-0.1, -0.05) is 5.10 Å². The van der Waals surface area contributed by atoms with Crippen LogP contribution in [0.5, 0.6) is 11.5 Å². The van der Waals surface area contributed by atoms with Gasteiger partial charge in [-0.2, -0.15) is 10.3 Å². The summed E-state index contributed by atoms with van der Waals surface area (Å²) in [4.78, 5) is 0. The van der Waals surface area contributed by atoms with E-state index in [2.05, 4.69) is 31.2 Å². The average molecular weight is 262 g/mol. The highest BCUT2D eigenvalue weighted by molar-refractivity contribution is 6.01. The molecule has 8 heteroatoms. The van der Waals surface area contributed by atoms with Gasteiger partial charge in [0, 0.05) is 11.6 Å². The van der Waals surface area contributed by atoms with E-state index in [1.807, 2.05) is 19.1 Å². The van der Waals surface area contributed by atoms with Crippen molar-refractivity contribution in [3.63, 3.8) is 0 Å². The first-order valence-corrected chi connectivity index (χ1v) is 5.50. The maximum atomic E-state index is 5.31. The summed E-state index contributed by atoms with van der Waals surface area (Å²) < 4.78 is 10.5. The third-order valence-electron chi connectivity index (χ3n) is 2.47. The minimum atomic E-state index is 0.298. The number of aromatic amines is 1. The summed E-state index contributed by atoms with van der Waals surface area (Å²) in [7, 11) is 3.20. The summed E-state index contributed by atoms with van der Waals surface area (Å²) in [6.07, 6.45) is 0. The highest BCUT2D eigenvalue weighted by Gasteiger charge is 2.08. The number of tetrazole rings is 1. The summed E-state index contributed by atoms with van der Waals surface area (Å²) >= 11 is 0. The van der Waals surface area contributed by atoms with Crippen LogP contribution < -0.4 is 14.9 Å². The molecule has 100 valence electrons. The number of aromatic nitrogens is 4. The van der Waals surface area contributed by atoms with Crippen molar-refractivity contribution in [3.8, 4) is 11.5 Å². The maximum Gasteiger partial charge on any atom is 0.283 e. The van der Waals surface area contributed by atoms with Gasteiger partial charge >= 0.3 is 0 Å². The first-order valence-electron chi connectivity index (χ1n) is 5.50. The first-order chi connectivity index (χ1) is 9.24. The lowest BCUT2D eigenvalue weighted by atomic mass is 10.1. The lowest BCUT2D eigenvalue weighted by Gasteiger charge is -2.09. The average Bonchev–Trinajstić information content (AvgIpc) is 2.97. The Balaban J connectivity index is 2.22. The number of ether oxygens (including phenoxy) is 2. The van der Waals surface area contributed by atoms with Crippen LogP contribution in [0.4, 0.5) is 5.95 Å². The van der Waals surface area contributed by atoms with Crippen LogP contribution in [-0.4, -0.2) is 40.6 Å². The van der Waals surface area contributed by atoms with Gasteiger partial charge in [-0.15, -0.1) is 5.10 Å². The molecule has 1 aromatic carbocycles. The molecule has 1 aromatic heterocycles. The van der Waals surface area contributed by atoms with Crippen LogP contribution in [-0.2, 0) is 0 Å². The summed E-state index contributed by atoms with van der Waals surface area (Å²) in [6, 6.07) is 5.50.